The molecular weight excluding hydrogens is 327 g/mol. The molecule has 1 aliphatic rings. The van der Waals surface area contributed by atoms with Gasteiger partial charge in [-0.1, -0.05) is 17.3 Å². The summed E-state index contributed by atoms with van der Waals surface area (Å²) in [4.78, 5) is 16.8. The molecule has 10 heteroatoms. The van der Waals surface area contributed by atoms with Crippen molar-refractivity contribution >= 4 is 29.4 Å². The molecule has 1 aromatic carbocycles. The van der Waals surface area contributed by atoms with Crippen molar-refractivity contribution in [2.24, 2.45) is 0 Å². The van der Waals surface area contributed by atoms with E-state index >= 15 is 0 Å². The summed E-state index contributed by atoms with van der Waals surface area (Å²) < 4.78 is 5.39. The zero-order chi connectivity index (χ0) is 18.3. The van der Waals surface area contributed by atoms with Crippen LogP contribution in [0.4, 0.5) is 0 Å². The summed E-state index contributed by atoms with van der Waals surface area (Å²) in [6.45, 7) is 0. The number of nitrogens with zero attached hydrogens (tertiary/aromatic N) is 3. The lowest BCUT2D eigenvalue weighted by molar-refractivity contribution is 0.0937. The van der Waals surface area contributed by atoms with Crippen LogP contribution in [0.2, 0.25) is 0 Å². The van der Waals surface area contributed by atoms with Crippen molar-refractivity contribution in [2.75, 3.05) is 0 Å². The Labute approximate surface area is 153 Å². The normalized spacial score (nSPS) is 16.4. The van der Waals surface area contributed by atoms with Crippen molar-refractivity contribution in [1.29, 1.82) is 0 Å². The molecule has 0 spiro atoms. The second kappa shape index (κ2) is 6.19. The Morgan fingerprint density at radius 3 is 2.88 bits per heavy atom. The Bertz CT molecular complexity index is 949. The van der Waals surface area contributed by atoms with Gasteiger partial charge < -0.3 is 9.84 Å². The lowest BCUT2D eigenvalue weighted by Gasteiger charge is -2.13. The minimum atomic E-state index is -0.176. The number of H-pyrrole nitrogens is 1. The summed E-state index contributed by atoms with van der Waals surface area (Å²) in [5.74, 6) is 1.11. The van der Waals surface area contributed by atoms with E-state index in [2.05, 4.69) is 31.7 Å². The van der Waals surface area contributed by atoms with Crippen molar-refractivity contribution < 1.29 is 9.32 Å². The lowest BCUT2D eigenvalue weighted by Crippen LogP contribution is -2.27. The Hall–Kier alpha value is -2.77. The van der Waals surface area contributed by atoms with Crippen molar-refractivity contribution in [3.63, 3.8) is 0 Å². The molecule has 0 saturated heterocycles. The minimum absolute atomic E-state index is 0.0110. The molecule has 4 rings (SSSR count). The fourth-order valence-electron chi connectivity index (χ4n) is 3.17. The topological polar surface area (TPSA) is 96.7 Å². The molecular formula is C16H18B3N5O2. The summed E-state index contributed by atoms with van der Waals surface area (Å²) >= 11 is 0. The first kappa shape index (κ1) is 16.7. The van der Waals surface area contributed by atoms with Crippen molar-refractivity contribution in [2.45, 2.75) is 24.0 Å². The molecule has 0 fully saturated rings. The maximum absolute atomic E-state index is 12.3. The Morgan fingerprint density at radius 1 is 1.35 bits per heavy atom. The SMILES string of the molecule is BC(B)(B)c1nc(-c2ccc3c(c2)CC[C@H]3NC(=O)c2cn[nH]c2)no1. The van der Waals surface area contributed by atoms with Crippen LogP contribution in [0.1, 0.15) is 39.8 Å². The predicted octanol–water partition coefficient (Wildman–Crippen LogP) is -1.11. The van der Waals surface area contributed by atoms with Gasteiger partial charge in [0.2, 0.25) is 11.7 Å². The first-order valence-electron chi connectivity index (χ1n) is 8.69. The average molecular weight is 345 g/mol. The third-order valence-corrected chi connectivity index (χ3v) is 4.61. The number of aromatic amines is 1. The van der Waals surface area contributed by atoms with E-state index in [0.29, 0.717) is 17.3 Å². The number of rotatable bonds is 4. The second-order valence-corrected chi connectivity index (χ2v) is 7.64. The second-order valence-electron chi connectivity index (χ2n) is 7.64. The van der Waals surface area contributed by atoms with E-state index in [0.717, 1.165) is 24.0 Å². The van der Waals surface area contributed by atoms with Crippen LogP contribution < -0.4 is 5.32 Å². The van der Waals surface area contributed by atoms with Gasteiger partial charge in [0.1, 0.15) is 23.5 Å². The molecule has 1 amide bonds. The van der Waals surface area contributed by atoms with Crippen LogP contribution in [0.3, 0.4) is 0 Å². The zero-order valence-electron chi connectivity index (χ0n) is 15.0. The Balaban J connectivity index is 1.55. The number of hydrogen-bond donors (Lipinski definition) is 2. The Morgan fingerprint density at radius 2 is 2.19 bits per heavy atom. The van der Waals surface area contributed by atoms with Gasteiger partial charge >= 0.3 is 0 Å². The van der Waals surface area contributed by atoms with Crippen molar-refractivity contribution in [3.05, 3.63) is 53.2 Å². The lowest BCUT2D eigenvalue weighted by atomic mass is 9.42. The molecule has 0 radical (unpaired) electrons. The van der Waals surface area contributed by atoms with Crippen LogP contribution in [0.5, 0.6) is 0 Å². The van der Waals surface area contributed by atoms with Gasteiger partial charge in [0.15, 0.2) is 0 Å². The first-order chi connectivity index (χ1) is 12.4. The van der Waals surface area contributed by atoms with E-state index in [9.17, 15) is 4.79 Å². The van der Waals surface area contributed by atoms with Gasteiger partial charge in [0, 0.05) is 11.8 Å². The van der Waals surface area contributed by atoms with Crippen molar-refractivity contribution in [3.8, 4) is 11.4 Å². The highest BCUT2D eigenvalue weighted by Crippen LogP contribution is 2.34. The zero-order valence-corrected chi connectivity index (χ0v) is 15.0. The summed E-state index contributed by atoms with van der Waals surface area (Å²) in [6, 6.07) is 6.14. The van der Waals surface area contributed by atoms with Gasteiger partial charge in [-0.2, -0.15) is 10.1 Å². The molecule has 0 unspecified atom stereocenters. The molecule has 7 nitrogen and oxygen atoms in total. The molecule has 0 aliphatic heterocycles. The number of carbonyl (C=O) groups is 1. The summed E-state index contributed by atoms with van der Waals surface area (Å²) in [5.41, 5.74) is 3.83. The van der Waals surface area contributed by atoms with Gasteiger partial charge in [0.05, 0.1) is 17.8 Å². The van der Waals surface area contributed by atoms with Crippen LogP contribution in [-0.2, 0) is 11.5 Å². The molecule has 128 valence electrons. The number of aromatic nitrogens is 4. The van der Waals surface area contributed by atoms with Gasteiger partial charge in [-0.3, -0.25) is 9.89 Å². The van der Waals surface area contributed by atoms with Gasteiger partial charge in [0.25, 0.3) is 5.91 Å². The molecule has 2 heterocycles. The smallest absolute Gasteiger partial charge is 0.254 e. The number of nitrogens with one attached hydrogen (secondary N) is 2. The van der Waals surface area contributed by atoms with E-state index in [1.165, 1.54) is 11.8 Å². The average Bonchev–Trinajstić information content (AvgIpc) is 3.34. The number of hydrogen-bond acceptors (Lipinski definition) is 5. The molecule has 0 saturated carbocycles. The maximum atomic E-state index is 12.3. The fourth-order valence-corrected chi connectivity index (χ4v) is 3.17. The highest BCUT2D eigenvalue weighted by atomic mass is 16.5. The van der Waals surface area contributed by atoms with Gasteiger partial charge in [-0.05, 0) is 35.1 Å². The molecule has 0 bridgehead atoms. The Kier molecular flexibility index (Phi) is 3.98. The number of aryl methyl sites for hydroxylation is 1. The molecule has 1 atom stereocenters. The van der Waals surface area contributed by atoms with Crippen molar-refractivity contribution in [1.82, 2.24) is 25.7 Å². The number of amides is 1. The standard InChI is InChI=1S/C16H18B3N5O2/c17-16(18,19)15-23-13(24-26-15)9-1-3-11-8(5-9)2-4-12(11)22-14(25)10-6-20-21-7-10/h1,3,5-7,12H,2,4,17-19H2,(H,20,21)(H,22,25)/t12-/m1/s1. The van der Waals surface area contributed by atoms with Crippen LogP contribution in [-0.4, -0.2) is 49.8 Å². The summed E-state index contributed by atoms with van der Waals surface area (Å²) in [7, 11) is 6.13. The quantitative estimate of drug-likeness (QED) is 0.585. The van der Waals surface area contributed by atoms with E-state index < -0.39 is 0 Å². The van der Waals surface area contributed by atoms with Gasteiger partial charge in [-0.15, -0.1) is 0 Å². The van der Waals surface area contributed by atoms with Crippen LogP contribution in [0.25, 0.3) is 11.4 Å². The van der Waals surface area contributed by atoms with Crippen LogP contribution in [0, 0.1) is 0 Å². The maximum Gasteiger partial charge on any atom is 0.254 e. The predicted molar refractivity (Wildman–Crippen MR) is 104 cm³/mol. The monoisotopic (exact) mass is 345 g/mol. The highest BCUT2D eigenvalue weighted by Gasteiger charge is 2.26. The molecule has 26 heavy (non-hydrogen) atoms. The van der Waals surface area contributed by atoms with Crippen LogP contribution >= 0.6 is 0 Å². The largest absolute Gasteiger partial charge is 0.345 e. The number of carbonyl (C=O) groups excluding carboxylic acids is 1. The summed E-state index contributed by atoms with van der Waals surface area (Å²) in [6.07, 6.45) is 4.90. The number of fused-ring (bicyclic) bond motifs is 1. The third kappa shape index (κ3) is 3.07. The van der Waals surface area contributed by atoms with E-state index in [-0.39, 0.29) is 17.1 Å². The van der Waals surface area contributed by atoms with E-state index in [1.54, 1.807) is 6.20 Å². The van der Waals surface area contributed by atoms with Crippen LogP contribution in [0.15, 0.2) is 35.1 Å². The third-order valence-electron chi connectivity index (χ3n) is 4.61. The van der Waals surface area contributed by atoms with E-state index in [4.69, 9.17) is 4.52 Å². The molecule has 3 aromatic rings. The molecule has 1 aliphatic carbocycles. The first-order valence-corrected chi connectivity index (χ1v) is 8.69. The van der Waals surface area contributed by atoms with Gasteiger partial charge in [-0.25, -0.2) is 0 Å². The minimum Gasteiger partial charge on any atom is -0.345 e. The fraction of sp³-hybridized carbons (Fsp3) is 0.250. The molecule has 2 aromatic heterocycles. The summed E-state index contributed by atoms with van der Waals surface area (Å²) in [5, 5.41) is 13.5. The number of benzene rings is 1. The molecule has 2 N–H and O–H groups in total. The van der Waals surface area contributed by atoms with E-state index in [1.807, 2.05) is 35.7 Å². The highest BCUT2D eigenvalue weighted by molar-refractivity contribution is 6.58.